The van der Waals surface area contributed by atoms with Gasteiger partial charge in [-0.05, 0) is 44.2 Å². The molecule has 1 aliphatic carbocycles. The first-order valence-electron chi connectivity index (χ1n) is 11.6. The van der Waals surface area contributed by atoms with Crippen LogP contribution in [0.5, 0.6) is 11.5 Å². The van der Waals surface area contributed by atoms with E-state index in [0.29, 0.717) is 36.6 Å². The number of hydrogen-bond donors (Lipinski definition) is 4. The van der Waals surface area contributed by atoms with E-state index in [9.17, 15) is 14.7 Å². The smallest absolute Gasteiger partial charge is 0.319 e. The van der Waals surface area contributed by atoms with Gasteiger partial charge in [0.25, 0.3) is 0 Å². The van der Waals surface area contributed by atoms with Gasteiger partial charge >= 0.3 is 6.03 Å². The number of benzene rings is 1. The van der Waals surface area contributed by atoms with Crippen molar-refractivity contribution in [2.45, 2.75) is 69.6 Å². The molecular formula is C23H33N3O6. The lowest BCUT2D eigenvalue weighted by atomic mass is 9.88. The quantitative estimate of drug-likeness (QED) is 0.510. The Morgan fingerprint density at radius 1 is 1.03 bits per heavy atom. The van der Waals surface area contributed by atoms with Crippen LogP contribution in [0.2, 0.25) is 0 Å². The minimum atomic E-state index is -0.481. The van der Waals surface area contributed by atoms with E-state index in [2.05, 4.69) is 16.0 Å². The Kier molecular flexibility index (Phi) is 7.70. The van der Waals surface area contributed by atoms with Gasteiger partial charge in [-0.1, -0.05) is 19.3 Å². The Bertz CT molecular complexity index is 798. The number of anilines is 1. The summed E-state index contributed by atoms with van der Waals surface area (Å²) in [5, 5.41) is 18.5. The Morgan fingerprint density at radius 2 is 1.84 bits per heavy atom. The van der Waals surface area contributed by atoms with Crippen molar-refractivity contribution in [3.63, 3.8) is 0 Å². The van der Waals surface area contributed by atoms with E-state index in [-0.39, 0.29) is 43.4 Å². The summed E-state index contributed by atoms with van der Waals surface area (Å²) in [6, 6.07) is 4.54. The highest BCUT2D eigenvalue weighted by molar-refractivity contribution is 5.90. The normalized spacial score (nSPS) is 25.2. The minimum Gasteiger partial charge on any atom is -0.454 e. The fourth-order valence-corrected chi connectivity index (χ4v) is 4.68. The second kappa shape index (κ2) is 10.9. The topological polar surface area (TPSA) is 118 Å². The van der Waals surface area contributed by atoms with Crippen LogP contribution in [0.3, 0.4) is 0 Å². The molecule has 176 valence electrons. The molecule has 2 aliphatic heterocycles. The molecular weight excluding hydrogens is 414 g/mol. The maximum Gasteiger partial charge on any atom is 0.319 e. The summed E-state index contributed by atoms with van der Waals surface area (Å²) in [4.78, 5) is 24.7. The molecule has 0 spiro atoms. The fourth-order valence-electron chi connectivity index (χ4n) is 4.68. The van der Waals surface area contributed by atoms with Gasteiger partial charge in [-0.15, -0.1) is 0 Å². The number of ether oxygens (including phenoxy) is 3. The number of amides is 3. The third-order valence-corrected chi connectivity index (χ3v) is 6.48. The lowest BCUT2D eigenvalue weighted by molar-refractivity contribution is -0.126. The molecule has 0 bridgehead atoms. The van der Waals surface area contributed by atoms with Crippen molar-refractivity contribution in [2.75, 3.05) is 25.3 Å². The first-order valence-corrected chi connectivity index (χ1v) is 11.6. The third kappa shape index (κ3) is 5.83. The molecule has 1 saturated carbocycles. The number of rotatable bonds is 7. The van der Waals surface area contributed by atoms with Crippen LogP contribution in [0.25, 0.3) is 0 Å². The standard InChI is InChI=1S/C23H33N3O6/c27-13-21-18(26-23(29)25-16-6-9-19-20(12-16)31-14-30-19)8-7-17(32-21)10-11-24-22(28)15-4-2-1-3-5-15/h6,9,12,15,17-18,21,27H,1-5,7-8,10-11,13-14H2,(H,24,28)(H2,25,26,29)/t17-,18-,21-/m1/s1. The molecule has 9 heteroatoms. The van der Waals surface area contributed by atoms with Crippen molar-refractivity contribution in [1.29, 1.82) is 0 Å². The summed E-state index contributed by atoms with van der Waals surface area (Å²) in [7, 11) is 0. The van der Waals surface area contributed by atoms with Crippen LogP contribution in [-0.4, -0.2) is 55.2 Å². The highest BCUT2D eigenvalue weighted by atomic mass is 16.7. The first kappa shape index (κ1) is 22.7. The van der Waals surface area contributed by atoms with Gasteiger partial charge in [0.1, 0.15) is 6.10 Å². The summed E-state index contributed by atoms with van der Waals surface area (Å²) in [6.07, 6.45) is 7.10. The number of hydrogen-bond acceptors (Lipinski definition) is 6. The lowest BCUT2D eigenvalue weighted by Crippen LogP contribution is -2.52. The van der Waals surface area contributed by atoms with Gasteiger partial charge in [-0.3, -0.25) is 4.79 Å². The number of aliphatic hydroxyl groups is 1. The molecule has 0 aromatic heterocycles. The Hall–Kier alpha value is -2.52. The van der Waals surface area contributed by atoms with Gasteiger partial charge in [-0.25, -0.2) is 4.79 Å². The van der Waals surface area contributed by atoms with E-state index in [0.717, 1.165) is 32.1 Å². The number of aliphatic hydroxyl groups excluding tert-OH is 1. The van der Waals surface area contributed by atoms with Crippen molar-refractivity contribution in [3.05, 3.63) is 18.2 Å². The molecule has 1 aromatic rings. The van der Waals surface area contributed by atoms with Crippen molar-refractivity contribution in [3.8, 4) is 11.5 Å². The van der Waals surface area contributed by atoms with Crippen molar-refractivity contribution in [2.24, 2.45) is 5.92 Å². The van der Waals surface area contributed by atoms with E-state index in [4.69, 9.17) is 14.2 Å². The molecule has 9 nitrogen and oxygen atoms in total. The molecule has 4 rings (SSSR count). The van der Waals surface area contributed by atoms with Crippen LogP contribution < -0.4 is 25.4 Å². The highest BCUT2D eigenvalue weighted by Crippen LogP contribution is 2.34. The Morgan fingerprint density at radius 3 is 2.66 bits per heavy atom. The van der Waals surface area contributed by atoms with Gasteiger partial charge in [0, 0.05) is 24.2 Å². The largest absolute Gasteiger partial charge is 0.454 e. The van der Waals surface area contributed by atoms with Crippen LogP contribution in [0.4, 0.5) is 10.5 Å². The second-order valence-corrected chi connectivity index (χ2v) is 8.74. The van der Waals surface area contributed by atoms with Crippen molar-refractivity contribution in [1.82, 2.24) is 10.6 Å². The fraction of sp³-hybridized carbons (Fsp3) is 0.652. The number of carbonyl (C=O) groups is 2. The monoisotopic (exact) mass is 447 g/mol. The molecule has 2 heterocycles. The third-order valence-electron chi connectivity index (χ3n) is 6.48. The molecule has 0 radical (unpaired) electrons. The molecule has 0 unspecified atom stereocenters. The zero-order valence-corrected chi connectivity index (χ0v) is 18.3. The number of carbonyl (C=O) groups excluding carboxylic acids is 2. The minimum absolute atomic E-state index is 0.0474. The van der Waals surface area contributed by atoms with Crippen LogP contribution in [0.15, 0.2) is 18.2 Å². The van der Waals surface area contributed by atoms with Crippen LogP contribution in [-0.2, 0) is 9.53 Å². The zero-order chi connectivity index (χ0) is 22.3. The molecule has 2 fully saturated rings. The van der Waals surface area contributed by atoms with Crippen LogP contribution in [0, 0.1) is 5.92 Å². The number of nitrogens with one attached hydrogen (secondary N) is 3. The van der Waals surface area contributed by atoms with Gasteiger partial charge < -0.3 is 35.3 Å². The Labute approximate surface area is 188 Å². The van der Waals surface area contributed by atoms with Crippen molar-refractivity contribution >= 4 is 17.6 Å². The van der Waals surface area contributed by atoms with Gasteiger partial charge in [0.15, 0.2) is 11.5 Å². The Balaban J connectivity index is 1.19. The maximum atomic E-state index is 12.4. The predicted molar refractivity (Wildman–Crippen MR) is 118 cm³/mol. The molecule has 3 aliphatic rings. The average Bonchev–Trinajstić information content (AvgIpc) is 3.28. The first-order chi connectivity index (χ1) is 15.6. The predicted octanol–water partition coefficient (Wildman–Crippen LogP) is 2.53. The summed E-state index contributed by atoms with van der Waals surface area (Å²) < 4.78 is 16.6. The zero-order valence-electron chi connectivity index (χ0n) is 18.3. The van der Waals surface area contributed by atoms with Gasteiger partial charge in [0.2, 0.25) is 12.7 Å². The van der Waals surface area contributed by atoms with Gasteiger partial charge in [0.05, 0.1) is 18.8 Å². The van der Waals surface area contributed by atoms with Crippen LogP contribution in [0.1, 0.15) is 51.4 Å². The molecule has 3 atom stereocenters. The highest BCUT2D eigenvalue weighted by Gasteiger charge is 2.32. The van der Waals surface area contributed by atoms with E-state index < -0.39 is 6.10 Å². The average molecular weight is 448 g/mol. The van der Waals surface area contributed by atoms with Gasteiger partial charge in [-0.2, -0.15) is 0 Å². The molecule has 1 aromatic carbocycles. The second-order valence-electron chi connectivity index (χ2n) is 8.74. The van der Waals surface area contributed by atoms with E-state index in [1.54, 1.807) is 18.2 Å². The number of urea groups is 1. The number of fused-ring (bicyclic) bond motifs is 1. The van der Waals surface area contributed by atoms with E-state index in [1.165, 1.54) is 6.42 Å². The van der Waals surface area contributed by atoms with E-state index in [1.807, 2.05) is 0 Å². The molecule has 32 heavy (non-hydrogen) atoms. The summed E-state index contributed by atoms with van der Waals surface area (Å²) in [5.74, 6) is 1.55. The lowest BCUT2D eigenvalue weighted by Gasteiger charge is -2.36. The summed E-state index contributed by atoms with van der Waals surface area (Å²) in [6.45, 7) is 0.564. The van der Waals surface area contributed by atoms with Crippen LogP contribution >= 0.6 is 0 Å². The maximum absolute atomic E-state index is 12.4. The van der Waals surface area contributed by atoms with Crippen molar-refractivity contribution < 1.29 is 28.9 Å². The SMILES string of the molecule is O=C(Nc1ccc2c(c1)OCO2)N[C@@H]1CC[C@H](CCNC(=O)C2CCCCC2)O[C@@H]1CO. The molecule has 1 saturated heterocycles. The molecule has 4 N–H and O–H groups in total. The van der Waals surface area contributed by atoms with E-state index >= 15 is 0 Å². The summed E-state index contributed by atoms with van der Waals surface area (Å²) in [5.41, 5.74) is 0.593. The molecule has 3 amide bonds. The summed E-state index contributed by atoms with van der Waals surface area (Å²) >= 11 is 0.